The van der Waals surface area contributed by atoms with Crippen LogP contribution in [0.15, 0.2) is 34.8 Å². The highest BCUT2D eigenvalue weighted by Gasteiger charge is 2.08. The minimum atomic E-state index is -1.00. The Hall–Kier alpha value is -2.39. The van der Waals surface area contributed by atoms with Crippen molar-refractivity contribution in [2.24, 2.45) is 0 Å². The van der Waals surface area contributed by atoms with Crippen LogP contribution in [-0.4, -0.2) is 16.1 Å². The Morgan fingerprint density at radius 2 is 2.15 bits per heavy atom. The molecule has 0 radical (unpaired) electrons. The number of carboxylic acids is 1. The third kappa shape index (κ3) is 3.13. The van der Waals surface area contributed by atoms with E-state index in [0.717, 1.165) is 0 Å². The number of rotatable bonds is 3. The first kappa shape index (κ1) is 14.0. The summed E-state index contributed by atoms with van der Waals surface area (Å²) < 4.78 is 0.705. The molecule has 2 aromatic rings. The van der Waals surface area contributed by atoms with Crippen molar-refractivity contribution < 1.29 is 9.90 Å². The molecule has 0 saturated heterocycles. The summed E-state index contributed by atoms with van der Waals surface area (Å²) in [6.45, 7) is 1.73. The number of carboxylic acid groups (broad SMARTS) is 1. The van der Waals surface area contributed by atoms with E-state index < -0.39 is 5.97 Å². The molecule has 1 aromatic carbocycles. The first-order chi connectivity index (χ1) is 9.49. The number of benzene rings is 1. The maximum absolute atomic E-state index is 11.0. The van der Waals surface area contributed by atoms with Crippen molar-refractivity contribution in [1.82, 2.24) is 4.98 Å². The van der Waals surface area contributed by atoms with E-state index in [-0.39, 0.29) is 5.56 Å². The molecule has 0 bridgehead atoms. The molecule has 2 N–H and O–H groups in total. The summed E-state index contributed by atoms with van der Waals surface area (Å²) in [7, 11) is 0. The summed E-state index contributed by atoms with van der Waals surface area (Å²) in [6, 6.07) is 10.1. The molecule has 1 heterocycles. The molecule has 100 valence electrons. The van der Waals surface area contributed by atoms with Gasteiger partial charge in [-0.2, -0.15) is 5.26 Å². The first-order valence-corrected chi connectivity index (χ1v) is 6.47. The van der Waals surface area contributed by atoms with Gasteiger partial charge >= 0.3 is 5.97 Å². The van der Waals surface area contributed by atoms with Crippen LogP contribution in [0.25, 0.3) is 0 Å². The fourth-order valence-corrected chi connectivity index (χ4v) is 2.16. The second kappa shape index (κ2) is 5.72. The lowest BCUT2D eigenvalue weighted by molar-refractivity contribution is 0.0696. The largest absolute Gasteiger partial charge is 0.478 e. The van der Waals surface area contributed by atoms with Crippen LogP contribution in [0.4, 0.5) is 11.5 Å². The lowest BCUT2D eigenvalue weighted by Gasteiger charge is -2.09. The predicted octanol–water partition coefficient (Wildman–Crippen LogP) is 3.47. The summed E-state index contributed by atoms with van der Waals surface area (Å²) in [6.07, 6.45) is 0. The average Bonchev–Trinajstić information content (AvgIpc) is 2.40. The smallest absolute Gasteiger partial charge is 0.335 e. The highest BCUT2D eigenvalue weighted by Crippen LogP contribution is 2.26. The van der Waals surface area contributed by atoms with Gasteiger partial charge in [0.05, 0.1) is 22.9 Å². The molecule has 0 spiro atoms. The lowest BCUT2D eigenvalue weighted by Crippen LogP contribution is -2.02. The second-order valence-corrected chi connectivity index (χ2v) is 4.97. The number of nitrogens with one attached hydrogen (secondary N) is 1. The second-order valence-electron chi connectivity index (χ2n) is 4.12. The topological polar surface area (TPSA) is 86.0 Å². The molecule has 6 heteroatoms. The standard InChI is InChI=1S/C14H10BrN3O2/c1-8-4-10(14(19)20)6-13(17-8)18-12-3-2-9(7-16)5-11(12)15/h2-6H,1H3,(H,17,18)(H,19,20). The fourth-order valence-electron chi connectivity index (χ4n) is 1.68. The predicted molar refractivity (Wildman–Crippen MR) is 78.1 cm³/mol. The molecule has 0 saturated carbocycles. The van der Waals surface area contributed by atoms with Gasteiger partial charge < -0.3 is 10.4 Å². The number of carbonyl (C=O) groups is 1. The SMILES string of the molecule is Cc1cc(C(=O)O)cc(Nc2ccc(C#N)cc2Br)n1. The number of aromatic nitrogens is 1. The van der Waals surface area contributed by atoms with E-state index in [0.29, 0.717) is 27.2 Å². The van der Waals surface area contributed by atoms with Gasteiger partial charge in [0.15, 0.2) is 0 Å². The number of nitriles is 1. The normalized spacial score (nSPS) is 9.85. The van der Waals surface area contributed by atoms with Crippen LogP contribution in [0.3, 0.4) is 0 Å². The molecule has 20 heavy (non-hydrogen) atoms. The lowest BCUT2D eigenvalue weighted by atomic mass is 10.2. The summed E-state index contributed by atoms with van der Waals surface area (Å²) in [4.78, 5) is 15.2. The van der Waals surface area contributed by atoms with Gasteiger partial charge in [-0.25, -0.2) is 9.78 Å². The summed E-state index contributed by atoms with van der Waals surface area (Å²) in [5.41, 5.74) is 2.02. The van der Waals surface area contributed by atoms with Crippen molar-refractivity contribution >= 4 is 33.4 Å². The molecule has 0 aliphatic heterocycles. The minimum Gasteiger partial charge on any atom is -0.478 e. The molecule has 0 aliphatic carbocycles. The van der Waals surface area contributed by atoms with Crippen molar-refractivity contribution in [3.05, 3.63) is 51.6 Å². The van der Waals surface area contributed by atoms with Gasteiger partial charge in [-0.3, -0.25) is 0 Å². The van der Waals surface area contributed by atoms with E-state index in [4.69, 9.17) is 10.4 Å². The molecular weight excluding hydrogens is 322 g/mol. The molecule has 2 rings (SSSR count). The average molecular weight is 332 g/mol. The van der Waals surface area contributed by atoms with E-state index in [2.05, 4.69) is 26.2 Å². The van der Waals surface area contributed by atoms with E-state index in [1.807, 2.05) is 6.07 Å². The number of hydrogen-bond donors (Lipinski definition) is 2. The Labute approximate surface area is 124 Å². The third-order valence-corrected chi connectivity index (χ3v) is 3.22. The zero-order chi connectivity index (χ0) is 14.7. The quantitative estimate of drug-likeness (QED) is 0.899. The number of aryl methyl sites for hydroxylation is 1. The highest BCUT2D eigenvalue weighted by molar-refractivity contribution is 9.10. The fraction of sp³-hybridized carbons (Fsp3) is 0.0714. The van der Waals surface area contributed by atoms with Gasteiger partial charge in [0, 0.05) is 10.2 Å². The number of pyridine rings is 1. The van der Waals surface area contributed by atoms with Crippen LogP contribution < -0.4 is 5.32 Å². The van der Waals surface area contributed by atoms with E-state index in [9.17, 15) is 4.79 Å². The molecule has 0 fully saturated rings. The molecule has 5 nitrogen and oxygen atoms in total. The van der Waals surface area contributed by atoms with Crippen LogP contribution in [0.2, 0.25) is 0 Å². The summed E-state index contributed by atoms with van der Waals surface area (Å²) >= 11 is 3.35. The Balaban J connectivity index is 2.35. The summed E-state index contributed by atoms with van der Waals surface area (Å²) in [5, 5.41) is 20.9. The maximum atomic E-state index is 11.0. The van der Waals surface area contributed by atoms with E-state index in [1.54, 1.807) is 25.1 Å². The van der Waals surface area contributed by atoms with Gasteiger partial charge in [0.2, 0.25) is 0 Å². The van der Waals surface area contributed by atoms with Gasteiger partial charge in [0.1, 0.15) is 5.82 Å². The van der Waals surface area contributed by atoms with Gasteiger partial charge in [0.25, 0.3) is 0 Å². The summed E-state index contributed by atoms with van der Waals surface area (Å²) in [5.74, 6) is -0.565. The van der Waals surface area contributed by atoms with Crippen LogP contribution >= 0.6 is 15.9 Å². The van der Waals surface area contributed by atoms with E-state index in [1.165, 1.54) is 12.1 Å². The van der Waals surface area contributed by atoms with Crippen LogP contribution in [0.1, 0.15) is 21.6 Å². The Bertz CT molecular complexity index is 723. The van der Waals surface area contributed by atoms with Crippen LogP contribution in [0, 0.1) is 18.3 Å². The van der Waals surface area contributed by atoms with Crippen molar-refractivity contribution in [2.75, 3.05) is 5.32 Å². The number of anilines is 2. The highest BCUT2D eigenvalue weighted by atomic mass is 79.9. The number of aromatic carboxylic acids is 1. The number of halogens is 1. The number of nitrogens with zero attached hydrogens (tertiary/aromatic N) is 2. The van der Waals surface area contributed by atoms with Gasteiger partial charge in [-0.05, 0) is 53.2 Å². The van der Waals surface area contributed by atoms with Crippen molar-refractivity contribution in [3.8, 4) is 6.07 Å². The van der Waals surface area contributed by atoms with Crippen molar-refractivity contribution in [2.45, 2.75) is 6.92 Å². The van der Waals surface area contributed by atoms with Crippen LogP contribution in [0.5, 0.6) is 0 Å². The molecule has 0 aliphatic rings. The monoisotopic (exact) mass is 331 g/mol. The Morgan fingerprint density at radius 3 is 2.75 bits per heavy atom. The van der Waals surface area contributed by atoms with Crippen molar-refractivity contribution in [3.63, 3.8) is 0 Å². The zero-order valence-electron chi connectivity index (χ0n) is 10.5. The van der Waals surface area contributed by atoms with Crippen molar-refractivity contribution in [1.29, 1.82) is 5.26 Å². The first-order valence-electron chi connectivity index (χ1n) is 5.68. The van der Waals surface area contributed by atoms with E-state index >= 15 is 0 Å². The Morgan fingerprint density at radius 1 is 1.40 bits per heavy atom. The molecule has 0 amide bonds. The minimum absolute atomic E-state index is 0.171. The van der Waals surface area contributed by atoms with Crippen LogP contribution in [-0.2, 0) is 0 Å². The molecule has 0 unspecified atom stereocenters. The van der Waals surface area contributed by atoms with Gasteiger partial charge in [-0.15, -0.1) is 0 Å². The molecular formula is C14H10BrN3O2. The van der Waals surface area contributed by atoms with Gasteiger partial charge in [-0.1, -0.05) is 0 Å². The number of hydrogen-bond acceptors (Lipinski definition) is 4. The Kier molecular flexibility index (Phi) is 4.01. The molecule has 0 atom stereocenters. The molecule has 1 aromatic heterocycles. The third-order valence-electron chi connectivity index (χ3n) is 2.56. The zero-order valence-corrected chi connectivity index (χ0v) is 12.1. The maximum Gasteiger partial charge on any atom is 0.335 e.